The van der Waals surface area contributed by atoms with Crippen LogP contribution in [0.5, 0.6) is 0 Å². The van der Waals surface area contributed by atoms with Crippen LogP contribution in [0, 0.1) is 5.92 Å². The van der Waals surface area contributed by atoms with Crippen LogP contribution in [0.15, 0.2) is 11.6 Å². The molecule has 2 atom stereocenters. The van der Waals surface area contributed by atoms with E-state index in [0.29, 0.717) is 6.04 Å². The summed E-state index contributed by atoms with van der Waals surface area (Å²) in [4.78, 5) is 4.56. The predicted molar refractivity (Wildman–Crippen MR) is 69.7 cm³/mol. The maximum absolute atomic E-state index is 4.56. The molecule has 16 heavy (non-hydrogen) atoms. The molecule has 0 bridgehead atoms. The Labute approximate surface area is 102 Å². The summed E-state index contributed by atoms with van der Waals surface area (Å²) < 4.78 is 0. The van der Waals surface area contributed by atoms with Gasteiger partial charge in [-0.15, -0.1) is 11.3 Å². The normalized spacial score (nSPS) is 30.9. The molecule has 0 spiro atoms. The molecule has 0 radical (unpaired) electrons. The Kier molecular flexibility index (Phi) is 3.65. The lowest BCUT2D eigenvalue weighted by Gasteiger charge is -2.40. The molecule has 0 amide bonds. The number of aromatic nitrogens is 1. The topological polar surface area (TPSA) is 24.9 Å². The van der Waals surface area contributed by atoms with Crippen LogP contribution in [0.2, 0.25) is 0 Å². The molecule has 2 rings (SSSR count). The van der Waals surface area contributed by atoms with E-state index in [4.69, 9.17) is 0 Å². The number of thiazole rings is 1. The van der Waals surface area contributed by atoms with Crippen LogP contribution in [0.3, 0.4) is 0 Å². The van der Waals surface area contributed by atoms with Crippen molar-refractivity contribution in [3.05, 3.63) is 16.6 Å². The van der Waals surface area contributed by atoms with Crippen molar-refractivity contribution in [2.24, 2.45) is 5.92 Å². The standard InChI is InChI=1S/C13H22N2S/c1-10(2)15-13(12-14-7-8-16-12)6-4-5-11(3)9-13/h7-8,10-11,15H,4-6,9H2,1-3H3. The van der Waals surface area contributed by atoms with Gasteiger partial charge < -0.3 is 5.32 Å². The van der Waals surface area contributed by atoms with Gasteiger partial charge in [-0.05, 0) is 32.6 Å². The average Bonchev–Trinajstić information content (AvgIpc) is 2.69. The first-order valence-electron chi connectivity index (χ1n) is 6.30. The van der Waals surface area contributed by atoms with E-state index in [0.717, 1.165) is 5.92 Å². The molecule has 1 aliphatic carbocycles. The van der Waals surface area contributed by atoms with Gasteiger partial charge in [0.15, 0.2) is 0 Å². The van der Waals surface area contributed by atoms with Crippen molar-refractivity contribution in [2.75, 3.05) is 0 Å². The summed E-state index contributed by atoms with van der Waals surface area (Å²) in [6.45, 7) is 6.83. The average molecular weight is 238 g/mol. The Bertz CT molecular complexity index is 317. The Balaban J connectivity index is 2.25. The summed E-state index contributed by atoms with van der Waals surface area (Å²) in [5, 5.41) is 7.16. The molecular formula is C13H22N2S. The molecule has 2 unspecified atom stereocenters. The number of nitrogens with one attached hydrogen (secondary N) is 1. The monoisotopic (exact) mass is 238 g/mol. The number of hydrogen-bond acceptors (Lipinski definition) is 3. The van der Waals surface area contributed by atoms with Crippen LogP contribution >= 0.6 is 11.3 Å². The zero-order valence-electron chi connectivity index (χ0n) is 10.5. The van der Waals surface area contributed by atoms with Crippen molar-refractivity contribution in [1.29, 1.82) is 0 Å². The highest BCUT2D eigenvalue weighted by Crippen LogP contribution is 2.40. The number of rotatable bonds is 3. The number of nitrogens with zero attached hydrogens (tertiary/aromatic N) is 1. The lowest BCUT2D eigenvalue weighted by atomic mass is 9.76. The Morgan fingerprint density at radius 2 is 2.38 bits per heavy atom. The quantitative estimate of drug-likeness (QED) is 0.871. The SMILES string of the molecule is CC1CCCC(NC(C)C)(c2nccs2)C1. The summed E-state index contributed by atoms with van der Waals surface area (Å²) in [6, 6.07) is 0.522. The maximum atomic E-state index is 4.56. The third kappa shape index (κ3) is 2.46. The zero-order valence-corrected chi connectivity index (χ0v) is 11.3. The van der Waals surface area contributed by atoms with Gasteiger partial charge in [0.05, 0.1) is 5.54 Å². The highest BCUT2D eigenvalue weighted by atomic mass is 32.1. The summed E-state index contributed by atoms with van der Waals surface area (Å²) in [5.41, 5.74) is 0.153. The van der Waals surface area contributed by atoms with E-state index >= 15 is 0 Å². The second kappa shape index (κ2) is 4.84. The van der Waals surface area contributed by atoms with E-state index in [1.54, 1.807) is 11.3 Å². The fraction of sp³-hybridized carbons (Fsp3) is 0.769. The van der Waals surface area contributed by atoms with Crippen LogP contribution in [0.4, 0.5) is 0 Å². The Morgan fingerprint density at radius 1 is 1.56 bits per heavy atom. The van der Waals surface area contributed by atoms with Crippen molar-refractivity contribution < 1.29 is 0 Å². The molecule has 1 N–H and O–H groups in total. The molecular weight excluding hydrogens is 216 g/mol. The molecule has 0 aliphatic heterocycles. The summed E-state index contributed by atoms with van der Waals surface area (Å²) in [7, 11) is 0. The van der Waals surface area contributed by atoms with E-state index in [9.17, 15) is 0 Å². The fourth-order valence-corrected chi connectivity index (χ4v) is 3.79. The first-order chi connectivity index (χ1) is 7.62. The molecule has 2 nitrogen and oxygen atoms in total. The molecule has 1 aromatic heterocycles. The minimum Gasteiger partial charge on any atom is -0.303 e. The molecule has 3 heteroatoms. The Hall–Kier alpha value is -0.410. The molecule has 1 aromatic rings. The molecule has 0 saturated heterocycles. The van der Waals surface area contributed by atoms with Crippen molar-refractivity contribution in [2.45, 2.75) is 58.0 Å². The van der Waals surface area contributed by atoms with Crippen LogP contribution in [-0.2, 0) is 5.54 Å². The van der Waals surface area contributed by atoms with Gasteiger partial charge in [-0.25, -0.2) is 4.98 Å². The Morgan fingerprint density at radius 3 is 2.94 bits per heavy atom. The molecule has 1 heterocycles. The first kappa shape index (κ1) is 12.1. The summed E-state index contributed by atoms with van der Waals surface area (Å²) in [5.74, 6) is 0.809. The summed E-state index contributed by atoms with van der Waals surface area (Å²) in [6.07, 6.45) is 7.10. The minimum atomic E-state index is 0.153. The highest BCUT2D eigenvalue weighted by Gasteiger charge is 2.38. The largest absolute Gasteiger partial charge is 0.303 e. The minimum absolute atomic E-state index is 0.153. The zero-order chi connectivity index (χ0) is 11.6. The van der Waals surface area contributed by atoms with E-state index < -0.39 is 0 Å². The molecule has 1 aliphatic rings. The second-order valence-corrected chi connectivity index (χ2v) is 6.31. The number of hydrogen-bond donors (Lipinski definition) is 1. The van der Waals surface area contributed by atoms with E-state index in [1.807, 2.05) is 6.20 Å². The van der Waals surface area contributed by atoms with Crippen molar-refractivity contribution in [1.82, 2.24) is 10.3 Å². The summed E-state index contributed by atoms with van der Waals surface area (Å²) >= 11 is 1.80. The predicted octanol–water partition coefficient (Wildman–Crippen LogP) is 3.55. The lowest BCUT2D eigenvalue weighted by molar-refractivity contribution is 0.174. The fourth-order valence-electron chi connectivity index (χ4n) is 2.95. The van der Waals surface area contributed by atoms with Crippen molar-refractivity contribution in [3.8, 4) is 0 Å². The van der Waals surface area contributed by atoms with Gasteiger partial charge in [0, 0.05) is 17.6 Å². The van der Waals surface area contributed by atoms with Gasteiger partial charge >= 0.3 is 0 Å². The van der Waals surface area contributed by atoms with Crippen LogP contribution in [0.25, 0.3) is 0 Å². The second-order valence-electron chi connectivity index (χ2n) is 5.42. The molecule has 0 aromatic carbocycles. The van der Waals surface area contributed by atoms with Gasteiger partial charge in [-0.1, -0.05) is 19.8 Å². The maximum Gasteiger partial charge on any atom is 0.113 e. The smallest absolute Gasteiger partial charge is 0.113 e. The van der Waals surface area contributed by atoms with E-state index in [2.05, 4.69) is 36.5 Å². The molecule has 90 valence electrons. The van der Waals surface area contributed by atoms with E-state index in [-0.39, 0.29) is 5.54 Å². The molecule has 1 saturated carbocycles. The first-order valence-corrected chi connectivity index (χ1v) is 7.18. The van der Waals surface area contributed by atoms with Crippen LogP contribution in [-0.4, -0.2) is 11.0 Å². The van der Waals surface area contributed by atoms with Gasteiger partial charge in [-0.2, -0.15) is 0 Å². The van der Waals surface area contributed by atoms with Crippen molar-refractivity contribution in [3.63, 3.8) is 0 Å². The third-order valence-corrected chi connectivity index (χ3v) is 4.38. The third-order valence-electron chi connectivity index (χ3n) is 3.40. The lowest BCUT2D eigenvalue weighted by Crippen LogP contribution is -2.48. The van der Waals surface area contributed by atoms with Crippen LogP contribution < -0.4 is 5.32 Å². The van der Waals surface area contributed by atoms with Gasteiger partial charge in [0.1, 0.15) is 5.01 Å². The van der Waals surface area contributed by atoms with Gasteiger partial charge in [-0.3, -0.25) is 0 Å². The van der Waals surface area contributed by atoms with Gasteiger partial charge in [0.25, 0.3) is 0 Å². The van der Waals surface area contributed by atoms with Crippen molar-refractivity contribution >= 4 is 11.3 Å². The molecule has 1 fully saturated rings. The van der Waals surface area contributed by atoms with E-state index in [1.165, 1.54) is 30.7 Å². The van der Waals surface area contributed by atoms with Gasteiger partial charge in [0.2, 0.25) is 0 Å². The van der Waals surface area contributed by atoms with Crippen LogP contribution in [0.1, 0.15) is 51.5 Å². The highest BCUT2D eigenvalue weighted by molar-refractivity contribution is 7.09.